The first kappa shape index (κ1) is 24.2. The molecule has 2 rings (SSSR count). The van der Waals surface area contributed by atoms with Gasteiger partial charge in [0.15, 0.2) is 6.61 Å². The normalized spacial score (nSPS) is 10.0. The van der Waals surface area contributed by atoms with Gasteiger partial charge >= 0.3 is 0 Å². The Labute approximate surface area is 172 Å². The number of nitrogens with one attached hydrogen (secondary N) is 2. The molecule has 29 heavy (non-hydrogen) atoms. The van der Waals surface area contributed by atoms with Gasteiger partial charge in [-0.2, -0.15) is 0 Å². The molecule has 0 unspecified atom stereocenters. The fraction of sp³-hybridized carbons (Fsp3) is 0.368. The summed E-state index contributed by atoms with van der Waals surface area (Å²) < 4.78 is 29.1. The lowest BCUT2D eigenvalue weighted by molar-refractivity contribution is -0.107. The molecule has 10 heteroatoms. The zero-order chi connectivity index (χ0) is 21.8. The minimum Gasteiger partial charge on any atom is -0.471 e. The monoisotopic (exact) mass is 428 g/mol. The van der Waals surface area contributed by atoms with Gasteiger partial charge in [0.05, 0.1) is 0 Å². The summed E-state index contributed by atoms with van der Waals surface area (Å²) >= 11 is 5.94. The number of carbonyl (C=O) groups excluding carboxylic acids is 2. The number of aromatic nitrogens is 2. The molecule has 0 aliphatic carbocycles. The molecule has 0 atom stereocenters. The summed E-state index contributed by atoms with van der Waals surface area (Å²) in [6.07, 6.45) is 0.312. The van der Waals surface area contributed by atoms with Gasteiger partial charge in [-0.1, -0.05) is 18.5 Å². The zero-order valence-electron chi connectivity index (χ0n) is 16.3. The first-order valence-electron chi connectivity index (χ1n) is 8.74. The van der Waals surface area contributed by atoms with Gasteiger partial charge in [0.2, 0.25) is 5.88 Å². The molecule has 1 amide bonds. The molecule has 0 radical (unpaired) electrons. The molecular weight excluding hydrogens is 406 g/mol. The number of carbonyl (C=O) groups is 2. The highest BCUT2D eigenvalue weighted by atomic mass is 35.5. The second kappa shape index (κ2) is 12.6. The van der Waals surface area contributed by atoms with Crippen molar-refractivity contribution in [2.75, 3.05) is 19.0 Å². The van der Waals surface area contributed by atoms with Crippen molar-refractivity contribution in [2.24, 2.45) is 0 Å². The molecule has 0 aliphatic heterocycles. The Morgan fingerprint density at radius 3 is 2.59 bits per heavy atom. The fourth-order valence-corrected chi connectivity index (χ4v) is 2.27. The maximum Gasteiger partial charge on any atom is 0.272 e. The van der Waals surface area contributed by atoms with E-state index in [-0.39, 0.29) is 23.4 Å². The number of amides is 1. The molecule has 2 heterocycles. The number of hydrogen-bond acceptors (Lipinski definition) is 6. The minimum absolute atomic E-state index is 0.0690. The summed E-state index contributed by atoms with van der Waals surface area (Å²) in [5, 5.41) is 5.72. The molecule has 2 aromatic rings. The standard InChI is InChI=1S/C16H17ClF2N4O2.C3H6O/c1-9-3-11(5-14(20-2)23-9)15(24)21-6-10-4-12(17)16(22-7-10)25-8-13(18)19;1-2-3-4/h3-5,7,13H,6,8H2,1-2H3,(H,20,23)(H,21,24);3H,2H2,1H3. The van der Waals surface area contributed by atoms with Crippen LogP contribution in [0.5, 0.6) is 5.88 Å². The lowest BCUT2D eigenvalue weighted by atomic mass is 10.2. The topological polar surface area (TPSA) is 93.2 Å². The van der Waals surface area contributed by atoms with Crippen LogP contribution in [0, 0.1) is 6.92 Å². The Kier molecular flexibility index (Phi) is 10.5. The summed E-state index contributed by atoms with van der Waals surface area (Å²) in [7, 11) is 1.72. The van der Waals surface area contributed by atoms with Gasteiger partial charge in [-0.25, -0.2) is 18.7 Å². The average molecular weight is 429 g/mol. The Balaban J connectivity index is 0.000000960. The van der Waals surface area contributed by atoms with Crippen LogP contribution >= 0.6 is 11.6 Å². The molecule has 158 valence electrons. The second-order valence-corrected chi connectivity index (χ2v) is 6.13. The van der Waals surface area contributed by atoms with E-state index in [4.69, 9.17) is 16.3 Å². The van der Waals surface area contributed by atoms with Crippen molar-refractivity contribution < 1.29 is 23.1 Å². The van der Waals surface area contributed by atoms with Gasteiger partial charge in [0.25, 0.3) is 12.3 Å². The van der Waals surface area contributed by atoms with Gasteiger partial charge in [-0.3, -0.25) is 4.79 Å². The number of pyridine rings is 2. The average Bonchev–Trinajstić information content (AvgIpc) is 2.70. The molecule has 2 aromatic heterocycles. The summed E-state index contributed by atoms with van der Waals surface area (Å²) in [5.41, 5.74) is 1.79. The fourth-order valence-electron chi connectivity index (χ4n) is 2.02. The van der Waals surface area contributed by atoms with Crippen LogP contribution in [-0.4, -0.2) is 42.2 Å². The Morgan fingerprint density at radius 1 is 1.34 bits per heavy atom. The number of hydrogen-bond donors (Lipinski definition) is 2. The highest BCUT2D eigenvalue weighted by molar-refractivity contribution is 6.31. The molecule has 0 aliphatic rings. The SMILES string of the molecule is CCC=O.CNc1cc(C(=O)NCc2cnc(OCC(F)F)c(Cl)c2)cc(C)n1. The van der Waals surface area contributed by atoms with Crippen LogP contribution in [0.3, 0.4) is 0 Å². The third-order valence-electron chi connectivity index (χ3n) is 3.30. The van der Waals surface area contributed by atoms with Crippen molar-refractivity contribution in [1.82, 2.24) is 15.3 Å². The van der Waals surface area contributed by atoms with Crippen molar-refractivity contribution in [3.05, 3.63) is 46.2 Å². The maximum absolute atomic E-state index is 12.2. The molecule has 0 bridgehead atoms. The molecule has 0 saturated carbocycles. The Bertz CT molecular complexity index is 822. The highest BCUT2D eigenvalue weighted by Crippen LogP contribution is 2.23. The minimum atomic E-state index is -2.61. The quantitative estimate of drug-likeness (QED) is 0.623. The van der Waals surface area contributed by atoms with E-state index >= 15 is 0 Å². The lowest BCUT2D eigenvalue weighted by Gasteiger charge is -2.10. The predicted molar refractivity (Wildman–Crippen MR) is 107 cm³/mol. The first-order valence-corrected chi connectivity index (χ1v) is 9.12. The van der Waals surface area contributed by atoms with Crippen LogP contribution in [0.1, 0.15) is 35.0 Å². The van der Waals surface area contributed by atoms with E-state index in [2.05, 4.69) is 20.6 Å². The van der Waals surface area contributed by atoms with Crippen LogP contribution in [0.25, 0.3) is 0 Å². The van der Waals surface area contributed by atoms with Crippen molar-refractivity contribution in [3.8, 4) is 5.88 Å². The van der Waals surface area contributed by atoms with Gasteiger partial charge in [-0.05, 0) is 30.7 Å². The van der Waals surface area contributed by atoms with E-state index in [1.54, 1.807) is 26.1 Å². The van der Waals surface area contributed by atoms with Crippen LogP contribution in [0.2, 0.25) is 5.02 Å². The smallest absolute Gasteiger partial charge is 0.272 e. The second-order valence-electron chi connectivity index (χ2n) is 5.72. The molecule has 0 saturated heterocycles. The molecule has 0 aromatic carbocycles. The summed E-state index contributed by atoms with van der Waals surface area (Å²) in [6, 6.07) is 4.81. The van der Waals surface area contributed by atoms with Gasteiger partial charge in [0, 0.05) is 37.5 Å². The Hall–Kier alpha value is -2.81. The van der Waals surface area contributed by atoms with Gasteiger partial charge in [0.1, 0.15) is 17.1 Å². The number of ether oxygens (including phenoxy) is 1. The third kappa shape index (κ3) is 8.82. The van der Waals surface area contributed by atoms with Crippen molar-refractivity contribution in [3.63, 3.8) is 0 Å². The number of aldehydes is 1. The number of rotatable bonds is 8. The first-order chi connectivity index (χ1) is 13.8. The largest absolute Gasteiger partial charge is 0.471 e. The Morgan fingerprint density at radius 2 is 2.03 bits per heavy atom. The van der Waals surface area contributed by atoms with E-state index in [0.717, 1.165) is 6.29 Å². The van der Waals surface area contributed by atoms with E-state index in [1.165, 1.54) is 12.3 Å². The van der Waals surface area contributed by atoms with Crippen LogP contribution in [0.15, 0.2) is 24.4 Å². The highest BCUT2D eigenvalue weighted by Gasteiger charge is 2.11. The molecule has 7 nitrogen and oxygen atoms in total. The van der Waals surface area contributed by atoms with Crippen molar-refractivity contribution in [1.29, 1.82) is 0 Å². The molecule has 0 fully saturated rings. The number of alkyl halides is 2. The number of anilines is 1. The van der Waals surface area contributed by atoms with Crippen molar-refractivity contribution >= 4 is 29.6 Å². The molecular formula is C19H23ClF2N4O3. The summed E-state index contributed by atoms with van der Waals surface area (Å²) in [6.45, 7) is 3.00. The maximum atomic E-state index is 12.2. The van der Waals surface area contributed by atoms with Crippen LogP contribution < -0.4 is 15.4 Å². The van der Waals surface area contributed by atoms with E-state index < -0.39 is 13.0 Å². The number of halogens is 3. The number of aryl methyl sites for hydroxylation is 1. The van der Waals surface area contributed by atoms with Gasteiger partial charge in [-0.15, -0.1) is 0 Å². The van der Waals surface area contributed by atoms with E-state index in [9.17, 15) is 18.4 Å². The molecule has 2 N–H and O–H groups in total. The van der Waals surface area contributed by atoms with Gasteiger partial charge < -0.3 is 20.2 Å². The van der Waals surface area contributed by atoms with E-state index in [0.29, 0.717) is 29.1 Å². The van der Waals surface area contributed by atoms with E-state index in [1.807, 2.05) is 6.92 Å². The van der Waals surface area contributed by atoms with Crippen molar-refractivity contribution in [2.45, 2.75) is 33.2 Å². The third-order valence-corrected chi connectivity index (χ3v) is 3.57. The predicted octanol–water partition coefficient (Wildman–Crippen LogP) is 3.65. The van der Waals surface area contributed by atoms with Crippen LogP contribution in [-0.2, 0) is 11.3 Å². The summed E-state index contributed by atoms with van der Waals surface area (Å²) in [5.74, 6) is 0.243. The van der Waals surface area contributed by atoms with Crippen LogP contribution in [0.4, 0.5) is 14.6 Å². The zero-order valence-corrected chi connectivity index (χ0v) is 17.1. The number of nitrogens with zero attached hydrogens (tertiary/aromatic N) is 2. The molecule has 0 spiro atoms. The lowest BCUT2D eigenvalue weighted by Crippen LogP contribution is -2.23. The summed E-state index contributed by atoms with van der Waals surface area (Å²) in [4.78, 5) is 29.5.